The number of nitrogens with one attached hydrogen (secondary N) is 2. The van der Waals surface area contributed by atoms with Gasteiger partial charge in [-0.2, -0.15) is 10.1 Å². The fourth-order valence-corrected chi connectivity index (χ4v) is 4.17. The van der Waals surface area contributed by atoms with Crippen LogP contribution in [0.5, 0.6) is 5.75 Å². The maximum absolute atomic E-state index is 14.0. The SMILES string of the molecule is COc1c(F)cc(Cn2cc(CNc3nc(C)c4c(n3)N(C)C(C(C)(C)O)C(=O)N4)cn2)cc1F. The highest BCUT2D eigenvalue weighted by Crippen LogP contribution is 2.35. The standard InChI is InChI=1S/C23H27F2N7O3/c1-12-17-20(31(4)19(21(33)29-17)23(2,3)34)30-22(28-12)26-8-14-9-27-32(11-14)10-13-6-15(24)18(35-5)16(25)7-13/h6-7,9,11,19,34H,8,10H2,1-5H3,(H,29,33)(H,26,28,30). The van der Waals surface area contributed by atoms with Gasteiger partial charge < -0.3 is 25.4 Å². The van der Waals surface area contributed by atoms with E-state index in [2.05, 4.69) is 25.7 Å². The highest BCUT2D eigenvalue weighted by Gasteiger charge is 2.42. The Hall–Kier alpha value is -3.80. The molecule has 3 heterocycles. The summed E-state index contributed by atoms with van der Waals surface area (Å²) in [5, 5.41) is 20.6. The molecule has 3 aromatic rings. The molecule has 1 amide bonds. The predicted molar refractivity (Wildman–Crippen MR) is 125 cm³/mol. The van der Waals surface area contributed by atoms with Crippen LogP contribution in [-0.4, -0.2) is 56.6 Å². The van der Waals surface area contributed by atoms with Gasteiger partial charge in [0.05, 0.1) is 31.1 Å². The van der Waals surface area contributed by atoms with Crippen molar-refractivity contribution in [2.45, 2.75) is 45.5 Å². The van der Waals surface area contributed by atoms with Gasteiger partial charge in [-0.1, -0.05) is 0 Å². The van der Waals surface area contributed by atoms with Crippen molar-refractivity contribution in [3.05, 3.63) is 53.0 Å². The van der Waals surface area contributed by atoms with Crippen LogP contribution in [0.15, 0.2) is 24.5 Å². The Balaban J connectivity index is 1.47. The van der Waals surface area contributed by atoms with Gasteiger partial charge in [0.25, 0.3) is 0 Å². The number of anilines is 3. The number of benzene rings is 1. The molecule has 0 saturated carbocycles. The van der Waals surface area contributed by atoms with Gasteiger partial charge in [-0.3, -0.25) is 9.48 Å². The smallest absolute Gasteiger partial charge is 0.250 e. The number of nitrogens with zero attached hydrogens (tertiary/aromatic N) is 5. The average Bonchev–Trinajstić information content (AvgIpc) is 3.19. The summed E-state index contributed by atoms with van der Waals surface area (Å²) in [7, 11) is 2.91. The number of aryl methyl sites for hydroxylation is 1. The summed E-state index contributed by atoms with van der Waals surface area (Å²) in [6.07, 6.45) is 3.38. The third kappa shape index (κ3) is 4.87. The number of ether oxygens (including phenoxy) is 1. The van der Waals surface area contributed by atoms with Crippen LogP contribution in [0.25, 0.3) is 0 Å². The Kier molecular flexibility index (Phi) is 6.32. The number of methoxy groups -OCH3 is 1. The first-order valence-electron chi connectivity index (χ1n) is 10.9. The number of aliphatic hydroxyl groups is 1. The maximum Gasteiger partial charge on any atom is 0.250 e. The number of hydrogen-bond donors (Lipinski definition) is 3. The Morgan fingerprint density at radius 2 is 1.91 bits per heavy atom. The van der Waals surface area contributed by atoms with Crippen LogP contribution in [0.3, 0.4) is 0 Å². The Labute approximate surface area is 200 Å². The van der Waals surface area contributed by atoms with Crippen molar-refractivity contribution in [2.24, 2.45) is 0 Å². The predicted octanol–water partition coefficient (Wildman–Crippen LogP) is 2.46. The monoisotopic (exact) mass is 487 g/mol. The van der Waals surface area contributed by atoms with E-state index in [1.54, 1.807) is 49.8 Å². The number of rotatable bonds is 7. The zero-order valence-electron chi connectivity index (χ0n) is 20.1. The molecule has 4 rings (SSSR count). The summed E-state index contributed by atoms with van der Waals surface area (Å²) in [6, 6.07) is 1.60. The van der Waals surface area contributed by atoms with Crippen LogP contribution in [0, 0.1) is 18.6 Å². The van der Waals surface area contributed by atoms with Crippen molar-refractivity contribution in [2.75, 3.05) is 29.7 Å². The molecule has 35 heavy (non-hydrogen) atoms. The molecule has 2 aromatic heterocycles. The molecule has 0 bridgehead atoms. The Morgan fingerprint density at radius 3 is 2.54 bits per heavy atom. The lowest BCUT2D eigenvalue weighted by atomic mass is 9.95. The van der Waals surface area contributed by atoms with Crippen molar-refractivity contribution in [3.63, 3.8) is 0 Å². The minimum Gasteiger partial charge on any atom is -0.491 e. The van der Waals surface area contributed by atoms with Crippen molar-refractivity contribution in [3.8, 4) is 5.75 Å². The van der Waals surface area contributed by atoms with E-state index in [4.69, 9.17) is 4.74 Å². The molecule has 1 aromatic carbocycles. The van der Waals surface area contributed by atoms with Gasteiger partial charge in [-0.15, -0.1) is 0 Å². The topological polar surface area (TPSA) is 117 Å². The quantitative estimate of drug-likeness (QED) is 0.465. The Morgan fingerprint density at radius 1 is 1.23 bits per heavy atom. The van der Waals surface area contributed by atoms with Crippen LogP contribution in [0.4, 0.5) is 26.2 Å². The van der Waals surface area contributed by atoms with E-state index in [1.807, 2.05) is 0 Å². The molecule has 1 atom stereocenters. The number of halogens is 2. The first-order valence-corrected chi connectivity index (χ1v) is 10.9. The number of carbonyl (C=O) groups excluding carboxylic acids is 1. The summed E-state index contributed by atoms with van der Waals surface area (Å²) < 4.78 is 34.2. The molecule has 0 radical (unpaired) electrons. The highest BCUT2D eigenvalue weighted by molar-refractivity contribution is 6.04. The summed E-state index contributed by atoms with van der Waals surface area (Å²) in [5.74, 6) is -1.46. The molecule has 0 saturated heterocycles. The van der Waals surface area contributed by atoms with Crippen molar-refractivity contribution < 1.29 is 23.4 Å². The van der Waals surface area contributed by atoms with E-state index < -0.39 is 29.0 Å². The molecule has 1 aliphatic heterocycles. The van der Waals surface area contributed by atoms with Gasteiger partial charge in [0, 0.05) is 25.4 Å². The fraction of sp³-hybridized carbons (Fsp3) is 0.391. The average molecular weight is 488 g/mol. The van der Waals surface area contributed by atoms with Crippen molar-refractivity contribution >= 4 is 23.4 Å². The van der Waals surface area contributed by atoms with Crippen LogP contribution in [-0.2, 0) is 17.9 Å². The van der Waals surface area contributed by atoms with Crippen molar-refractivity contribution in [1.29, 1.82) is 0 Å². The number of aromatic nitrogens is 4. The second-order valence-electron chi connectivity index (χ2n) is 8.98. The molecule has 186 valence electrons. The molecule has 12 heteroatoms. The minimum absolute atomic E-state index is 0.176. The van der Waals surface area contributed by atoms with E-state index >= 15 is 0 Å². The van der Waals surface area contributed by atoms with Gasteiger partial charge in [-0.05, 0) is 38.5 Å². The number of carbonyl (C=O) groups is 1. The molecule has 1 unspecified atom stereocenters. The second-order valence-corrected chi connectivity index (χ2v) is 8.98. The fourth-order valence-electron chi connectivity index (χ4n) is 4.17. The lowest BCUT2D eigenvalue weighted by Crippen LogP contribution is -2.57. The van der Waals surface area contributed by atoms with Crippen LogP contribution >= 0.6 is 0 Å². The van der Waals surface area contributed by atoms with E-state index in [1.165, 1.54) is 19.2 Å². The van der Waals surface area contributed by atoms with Crippen molar-refractivity contribution in [1.82, 2.24) is 19.7 Å². The molecule has 0 aliphatic carbocycles. The largest absolute Gasteiger partial charge is 0.491 e. The molecule has 0 spiro atoms. The van der Waals surface area contributed by atoms with Crippen LogP contribution in [0.2, 0.25) is 0 Å². The first-order chi connectivity index (χ1) is 16.5. The first kappa shape index (κ1) is 24.3. The minimum atomic E-state index is -1.28. The van der Waals surface area contributed by atoms with Gasteiger partial charge in [0.1, 0.15) is 11.7 Å². The van der Waals surface area contributed by atoms with E-state index in [9.17, 15) is 18.7 Å². The number of fused-ring (bicyclic) bond motifs is 1. The lowest BCUT2D eigenvalue weighted by molar-refractivity contribution is -0.122. The third-order valence-corrected chi connectivity index (χ3v) is 5.70. The molecule has 10 nitrogen and oxygen atoms in total. The van der Waals surface area contributed by atoms with Crippen LogP contribution < -0.4 is 20.3 Å². The zero-order valence-corrected chi connectivity index (χ0v) is 20.1. The number of likely N-dealkylation sites (N-methyl/N-ethyl adjacent to an activating group) is 1. The molecule has 3 N–H and O–H groups in total. The normalized spacial score (nSPS) is 15.6. The van der Waals surface area contributed by atoms with E-state index in [0.29, 0.717) is 35.3 Å². The zero-order chi connectivity index (χ0) is 25.5. The number of hydrogen-bond acceptors (Lipinski definition) is 8. The molecule has 1 aliphatic rings. The summed E-state index contributed by atoms with van der Waals surface area (Å²) in [4.78, 5) is 23.1. The van der Waals surface area contributed by atoms with E-state index in [0.717, 1.165) is 5.56 Å². The molecular formula is C23H27F2N7O3. The lowest BCUT2D eigenvalue weighted by Gasteiger charge is -2.40. The van der Waals surface area contributed by atoms with Gasteiger partial charge >= 0.3 is 0 Å². The third-order valence-electron chi connectivity index (χ3n) is 5.70. The van der Waals surface area contributed by atoms with Gasteiger partial charge in [-0.25, -0.2) is 13.8 Å². The van der Waals surface area contributed by atoms with Gasteiger partial charge in [0.2, 0.25) is 11.9 Å². The summed E-state index contributed by atoms with van der Waals surface area (Å²) >= 11 is 0. The number of amides is 1. The van der Waals surface area contributed by atoms with Gasteiger partial charge in [0.15, 0.2) is 23.2 Å². The second kappa shape index (κ2) is 9.10. The highest BCUT2D eigenvalue weighted by atomic mass is 19.1. The Bertz CT molecular complexity index is 1250. The maximum atomic E-state index is 14.0. The van der Waals surface area contributed by atoms with Crippen LogP contribution in [0.1, 0.15) is 30.7 Å². The van der Waals surface area contributed by atoms with E-state index in [-0.39, 0.29) is 12.5 Å². The summed E-state index contributed by atoms with van der Waals surface area (Å²) in [6.45, 7) is 5.41. The summed E-state index contributed by atoms with van der Waals surface area (Å²) in [5.41, 5.74) is 0.993. The molecule has 0 fully saturated rings. The molecular weight excluding hydrogens is 460 g/mol.